The zero-order valence-corrected chi connectivity index (χ0v) is 10.6. The van der Waals surface area contributed by atoms with Crippen molar-refractivity contribution in [1.82, 2.24) is 10.3 Å². The molecule has 2 nitrogen and oxygen atoms in total. The van der Waals surface area contributed by atoms with Crippen LogP contribution in [0.25, 0.3) is 0 Å². The number of thioether (sulfide) groups is 1. The molecule has 0 saturated carbocycles. The highest BCUT2D eigenvalue weighted by Gasteiger charge is 2.35. The Kier molecular flexibility index (Phi) is 5.07. The van der Waals surface area contributed by atoms with Crippen LogP contribution in [0.15, 0.2) is 6.20 Å². The molecule has 0 spiro atoms. The maximum Gasteiger partial charge on any atom is 0.443 e. The first-order chi connectivity index (χ1) is 7.49. The van der Waals surface area contributed by atoms with Crippen molar-refractivity contribution in [3.63, 3.8) is 0 Å². The molecule has 0 radical (unpaired) electrons. The van der Waals surface area contributed by atoms with E-state index >= 15 is 0 Å². The fraction of sp³-hybridized carbons (Fsp3) is 0.667. The summed E-state index contributed by atoms with van der Waals surface area (Å²) < 4.78 is 37.0. The summed E-state index contributed by atoms with van der Waals surface area (Å²) in [6.07, 6.45) is -0.243. The zero-order chi connectivity index (χ0) is 12.2. The van der Waals surface area contributed by atoms with E-state index in [9.17, 15) is 13.2 Å². The van der Waals surface area contributed by atoms with Gasteiger partial charge in [0.25, 0.3) is 0 Å². The molecule has 0 aliphatic carbocycles. The van der Waals surface area contributed by atoms with Crippen LogP contribution in [0.3, 0.4) is 0 Å². The molecule has 0 amide bonds. The van der Waals surface area contributed by atoms with Crippen molar-refractivity contribution >= 4 is 23.1 Å². The van der Waals surface area contributed by atoms with Crippen molar-refractivity contribution in [2.45, 2.75) is 18.6 Å². The molecule has 0 aliphatic heterocycles. The second-order valence-electron chi connectivity index (χ2n) is 3.19. The first-order valence-electron chi connectivity index (χ1n) is 4.68. The number of aromatic nitrogens is 1. The third-order valence-corrected chi connectivity index (χ3v) is 3.87. The van der Waals surface area contributed by atoms with Gasteiger partial charge in [-0.05, 0) is 25.5 Å². The Hall–Kier alpha value is -0.270. The smallest absolute Gasteiger partial charge is 0.312 e. The number of nitrogens with one attached hydrogen (secondary N) is 1. The van der Waals surface area contributed by atoms with Gasteiger partial charge >= 0.3 is 6.18 Å². The predicted octanol–water partition coefficient (Wildman–Crippen LogP) is 3.18. The first-order valence-corrected chi connectivity index (χ1v) is 6.89. The summed E-state index contributed by atoms with van der Waals surface area (Å²) in [4.78, 5) is 4.05. The molecule has 0 fully saturated rings. The molecule has 16 heavy (non-hydrogen) atoms. The molecule has 0 aromatic carbocycles. The fourth-order valence-electron chi connectivity index (χ4n) is 1.24. The minimum absolute atomic E-state index is 0.0407. The van der Waals surface area contributed by atoms with Crippen LogP contribution < -0.4 is 5.32 Å². The number of rotatable bonds is 5. The van der Waals surface area contributed by atoms with E-state index in [1.165, 1.54) is 6.20 Å². The largest absolute Gasteiger partial charge is 0.443 e. The quantitative estimate of drug-likeness (QED) is 0.889. The molecule has 1 N–H and O–H groups in total. The SMILES string of the molecule is CNC(CCSC)c1cnc(C(F)(F)F)s1. The van der Waals surface area contributed by atoms with Gasteiger partial charge in [0.2, 0.25) is 0 Å². The lowest BCUT2D eigenvalue weighted by Gasteiger charge is -2.12. The molecule has 7 heteroatoms. The number of thiazole rings is 1. The Bertz CT molecular complexity index is 325. The van der Waals surface area contributed by atoms with Gasteiger partial charge in [0.1, 0.15) is 0 Å². The summed E-state index contributed by atoms with van der Waals surface area (Å²) in [7, 11) is 1.75. The van der Waals surface area contributed by atoms with E-state index < -0.39 is 11.2 Å². The number of hydrogen-bond donors (Lipinski definition) is 1. The molecule has 92 valence electrons. The van der Waals surface area contributed by atoms with Crippen molar-refractivity contribution < 1.29 is 13.2 Å². The van der Waals surface area contributed by atoms with Gasteiger partial charge in [0.05, 0.1) is 0 Å². The van der Waals surface area contributed by atoms with Crippen molar-refractivity contribution in [1.29, 1.82) is 0 Å². The second-order valence-corrected chi connectivity index (χ2v) is 5.24. The molecule has 0 bridgehead atoms. The van der Waals surface area contributed by atoms with Crippen LogP contribution in [-0.4, -0.2) is 24.0 Å². The number of nitrogens with zero attached hydrogens (tertiary/aromatic N) is 1. The van der Waals surface area contributed by atoms with Crippen LogP contribution in [0.5, 0.6) is 0 Å². The standard InChI is InChI=1S/C9H13F3N2S2/c1-13-6(3-4-15-2)7-5-14-8(16-7)9(10,11)12/h5-6,13H,3-4H2,1-2H3. The van der Waals surface area contributed by atoms with Crippen LogP contribution in [0.2, 0.25) is 0 Å². The van der Waals surface area contributed by atoms with E-state index in [-0.39, 0.29) is 6.04 Å². The molecule has 1 heterocycles. The minimum Gasteiger partial charge on any atom is -0.312 e. The Morgan fingerprint density at radius 2 is 2.25 bits per heavy atom. The van der Waals surface area contributed by atoms with Crippen LogP contribution >= 0.6 is 23.1 Å². The van der Waals surface area contributed by atoms with Crippen LogP contribution in [0.4, 0.5) is 13.2 Å². The molecule has 1 rings (SSSR count). The topological polar surface area (TPSA) is 24.9 Å². The third-order valence-electron chi connectivity index (χ3n) is 2.07. The average Bonchev–Trinajstić information content (AvgIpc) is 2.68. The maximum atomic E-state index is 12.3. The minimum atomic E-state index is -4.33. The van der Waals surface area contributed by atoms with Gasteiger partial charge in [-0.3, -0.25) is 0 Å². The highest BCUT2D eigenvalue weighted by molar-refractivity contribution is 7.98. The highest BCUT2D eigenvalue weighted by atomic mass is 32.2. The summed E-state index contributed by atoms with van der Waals surface area (Å²) in [5, 5.41) is 2.24. The predicted molar refractivity (Wildman–Crippen MR) is 61.9 cm³/mol. The normalized spacial score (nSPS) is 14.1. The number of hydrogen-bond acceptors (Lipinski definition) is 4. The summed E-state index contributed by atoms with van der Waals surface area (Å²) in [5.41, 5.74) is 0. The van der Waals surface area contributed by atoms with Crippen molar-refractivity contribution in [2.24, 2.45) is 0 Å². The van der Waals surface area contributed by atoms with Gasteiger partial charge in [-0.1, -0.05) is 0 Å². The monoisotopic (exact) mass is 270 g/mol. The van der Waals surface area contributed by atoms with Gasteiger partial charge in [-0.25, -0.2) is 4.98 Å². The molecule has 1 atom stereocenters. The molecule has 1 unspecified atom stereocenters. The Balaban J connectivity index is 2.75. The molecule has 0 aliphatic rings. The lowest BCUT2D eigenvalue weighted by molar-refractivity contribution is -0.137. The van der Waals surface area contributed by atoms with E-state index in [2.05, 4.69) is 10.3 Å². The summed E-state index contributed by atoms with van der Waals surface area (Å²) in [6, 6.07) is -0.0407. The lowest BCUT2D eigenvalue weighted by Crippen LogP contribution is -2.15. The van der Waals surface area contributed by atoms with Crippen molar-refractivity contribution in [3.05, 3.63) is 16.1 Å². The molecular formula is C9H13F3N2S2. The maximum absolute atomic E-state index is 12.3. The van der Waals surface area contributed by atoms with Crippen LogP contribution in [0, 0.1) is 0 Å². The lowest BCUT2D eigenvalue weighted by atomic mass is 10.2. The van der Waals surface area contributed by atoms with E-state index in [4.69, 9.17) is 0 Å². The van der Waals surface area contributed by atoms with Crippen LogP contribution in [0.1, 0.15) is 22.3 Å². The third kappa shape index (κ3) is 3.64. The highest BCUT2D eigenvalue weighted by Crippen LogP contribution is 2.35. The Morgan fingerprint density at radius 1 is 1.56 bits per heavy atom. The van der Waals surface area contributed by atoms with Crippen molar-refractivity contribution in [3.8, 4) is 0 Å². The van der Waals surface area contributed by atoms with Gasteiger partial charge in [0, 0.05) is 17.1 Å². The summed E-state index contributed by atoms with van der Waals surface area (Å²) in [5.74, 6) is 0.907. The first kappa shape index (κ1) is 13.8. The van der Waals surface area contributed by atoms with E-state index in [1.807, 2.05) is 6.26 Å². The molecule has 1 aromatic heterocycles. The zero-order valence-electron chi connectivity index (χ0n) is 8.97. The summed E-state index contributed by atoms with van der Waals surface area (Å²) >= 11 is 2.39. The molecular weight excluding hydrogens is 257 g/mol. The fourth-order valence-corrected chi connectivity index (χ4v) is 2.64. The number of alkyl halides is 3. The van der Waals surface area contributed by atoms with Gasteiger partial charge in [-0.15, -0.1) is 11.3 Å². The second kappa shape index (κ2) is 5.88. The van der Waals surface area contributed by atoms with E-state index in [0.717, 1.165) is 12.2 Å². The van der Waals surface area contributed by atoms with Crippen molar-refractivity contribution in [2.75, 3.05) is 19.1 Å². The Morgan fingerprint density at radius 3 is 2.69 bits per heavy atom. The van der Waals surface area contributed by atoms with Crippen LogP contribution in [-0.2, 0) is 6.18 Å². The Labute approximate surface area is 101 Å². The van der Waals surface area contributed by atoms with Gasteiger partial charge < -0.3 is 5.32 Å². The van der Waals surface area contributed by atoms with Gasteiger partial charge in [-0.2, -0.15) is 24.9 Å². The van der Waals surface area contributed by atoms with Gasteiger partial charge in [0.15, 0.2) is 5.01 Å². The van der Waals surface area contributed by atoms with E-state index in [1.54, 1.807) is 18.8 Å². The average molecular weight is 270 g/mol. The van der Waals surface area contributed by atoms with E-state index in [0.29, 0.717) is 16.2 Å². The number of halogens is 3. The molecule has 1 aromatic rings. The molecule has 0 saturated heterocycles. The summed E-state index contributed by atoms with van der Waals surface area (Å²) in [6.45, 7) is 0.